The third kappa shape index (κ3) is 3.81. The Labute approximate surface area is 121 Å². The van der Waals surface area contributed by atoms with Crippen LogP contribution < -0.4 is 10.1 Å². The number of ether oxygens (including phenoxy) is 1. The van der Waals surface area contributed by atoms with Gasteiger partial charge in [-0.3, -0.25) is 4.98 Å². The van der Waals surface area contributed by atoms with Gasteiger partial charge in [0.05, 0.1) is 12.1 Å². The molecule has 2 rings (SSSR count). The van der Waals surface area contributed by atoms with Crippen LogP contribution in [0.3, 0.4) is 0 Å². The van der Waals surface area contributed by atoms with E-state index in [0.29, 0.717) is 0 Å². The van der Waals surface area contributed by atoms with E-state index in [9.17, 15) is 0 Å². The van der Waals surface area contributed by atoms with Crippen molar-refractivity contribution in [2.24, 2.45) is 0 Å². The highest BCUT2D eigenvalue weighted by atomic mass is 16.5. The van der Waals surface area contributed by atoms with Crippen molar-refractivity contribution < 1.29 is 4.74 Å². The lowest BCUT2D eigenvalue weighted by Crippen LogP contribution is -2.22. The van der Waals surface area contributed by atoms with Gasteiger partial charge in [-0.1, -0.05) is 19.1 Å². The number of pyridine rings is 1. The predicted octanol–water partition coefficient (Wildman–Crippen LogP) is 3.57. The molecule has 20 heavy (non-hydrogen) atoms. The number of benzene rings is 1. The monoisotopic (exact) mass is 270 g/mol. The van der Waals surface area contributed by atoms with Crippen LogP contribution >= 0.6 is 0 Å². The van der Waals surface area contributed by atoms with Gasteiger partial charge < -0.3 is 10.1 Å². The van der Waals surface area contributed by atoms with Crippen LogP contribution in [0.1, 0.15) is 37.9 Å². The summed E-state index contributed by atoms with van der Waals surface area (Å²) in [6, 6.07) is 12.5. The molecule has 0 amide bonds. The highest BCUT2D eigenvalue weighted by Crippen LogP contribution is 2.25. The Hall–Kier alpha value is -1.87. The van der Waals surface area contributed by atoms with Crippen molar-refractivity contribution in [1.29, 1.82) is 0 Å². The van der Waals surface area contributed by atoms with Crippen LogP contribution in [-0.4, -0.2) is 17.6 Å². The number of rotatable bonds is 6. The van der Waals surface area contributed by atoms with Crippen LogP contribution in [0.4, 0.5) is 0 Å². The average molecular weight is 270 g/mol. The molecular weight excluding hydrogens is 248 g/mol. The first-order valence-electron chi connectivity index (χ1n) is 7.10. The minimum absolute atomic E-state index is 0.165. The first-order valence-corrected chi connectivity index (χ1v) is 7.10. The Morgan fingerprint density at radius 3 is 2.50 bits per heavy atom. The molecular formula is C17H22N2O. The van der Waals surface area contributed by atoms with Crippen molar-refractivity contribution in [2.45, 2.75) is 32.9 Å². The predicted molar refractivity (Wildman–Crippen MR) is 82.0 cm³/mol. The zero-order valence-electron chi connectivity index (χ0n) is 12.3. The van der Waals surface area contributed by atoms with Crippen LogP contribution in [0.2, 0.25) is 0 Å². The van der Waals surface area contributed by atoms with E-state index in [-0.39, 0.29) is 12.1 Å². The van der Waals surface area contributed by atoms with Crippen LogP contribution in [-0.2, 0) is 0 Å². The molecule has 3 nitrogen and oxygen atoms in total. The van der Waals surface area contributed by atoms with Crippen molar-refractivity contribution in [3.05, 3.63) is 59.9 Å². The fraction of sp³-hybridized carbons (Fsp3) is 0.353. The van der Waals surface area contributed by atoms with Gasteiger partial charge in [-0.15, -0.1) is 0 Å². The summed E-state index contributed by atoms with van der Waals surface area (Å²) in [7, 11) is 0. The molecule has 0 aliphatic heterocycles. The lowest BCUT2D eigenvalue weighted by atomic mass is 9.99. The van der Waals surface area contributed by atoms with E-state index in [1.54, 1.807) is 0 Å². The molecule has 1 N–H and O–H groups in total. The van der Waals surface area contributed by atoms with E-state index < -0.39 is 0 Å². The zero-order valence-corrected chi connectivity index (χ0v) is 12.3. The summed E-state index contributed by atoms with van der Waals surface area (Å²) >= 11 is 0. The summed E-state index contributed by atoms with van der Waals surface area (Å²) < 4.78 is 5.78. The molecule has 0 saturated carbocycles. The maximum absolute atomic E-state index is 5.78. The Kier molecular flexibility index (Phi) is 5.13. The van der Waals surface area contributed by atoms with Crippen molar-refractivity contribution in [3.8, 4) is 5.75 Å². The molecule has 1 aromatic carbocycles. The lowest BCUT2D eigenvalue weighted by Gasteiger charge is -2.20. The molecule has 2 aromatic rings. The Morgan fingerprint density at radius 1 is 1.10 bits per heavy atom. The highest BCUT2D eigenvalue weighted by Gasteiger charge is 2.13. The summed E-state index contributed by atoms with van der Waals surface area (Å²) in [6.45, 7) is 7.10. The van der Waals surface area contributed by atoms with Crippen LogP contribution in [0.15, 0.2) is 48.8 Å². The molecule has 1 heterocycles. The number of hydrogen-bond donors (Lipinski definition) is 1. The summed E-state index contributed by atoms with van der Waals surface area (Å²) in [5, 5.41) is 3.51. The Bertz CT molecular complexity index is 526. The van der Waals surface area contributed by atoms with Gasteiger partial charge in [-0.25, -0.2) is 0 Å². The first kappa shape index (κ1) is 14.5. The molecule has 0 fully saturated rings. The maximum atomic E-state index is 5.78. The Balaban J connectivity index is 2.30. The molecule has 1 aromatic heterocycles. The van der Waals surface area contributed by atoms with Gasteiger partial charge in [-0.2, -0.15) is 0 Å². The zero-order chi connectivity index (χ0) is 14.4. The van der Waals surface area contributed by atoms with Gasteiger partial charge in [0.1, 0.15) is 5.75 Å². The molecule has 0 spiro atoms. The standard InChI is InChI=1S/C17H22N2O/c1-4-19-17(14-8-10-18-11-9-14)15-6-5-7-16(12-15)20-13(2)3/h5-13,17,19H,4H2,1-3H3. The third-order valence-electron chi connectivity index (χ3n) is 3.01. The molecule has 106 valence electrons. The number of hydrogen-bond acceptors (Lipinski definition) is 3. The van der Waals surface area contributed by atoms with Gasteiger partial charge in [0.2, 0.25) is 0 Å². The molecule has 0 aliphatic carbocycles. The van der Waals surface area contributed by atoms with Crippen molar-refractivity contribution >= 4 is 0 Å². The molecule has 1 atom stereocenters. The SMILES string of the molecule is CCNC(c1ccncc1)c1cccc(OC(C)C)c1. The van der Waals surface area contributed by atoms with Gasteiger partial charge in [0.15, 0.2) is 0 Å². The second-order valence-corrected chi connectivity index (χ2v) is 5.01. The van der Waals surface area contributed by atoms with Gasteiger partial charge in [-0.05, 0) is 55.8 Å². The minimum Gasteiger partial charge on any atom is -0.491 e. The Morgan fingerprint density at radius 2 is 1.85 bits per heavy atom. The number of aromatic nitrogens is 1. The largest absolute Gasteiger partial charge is 0.491 e. The van der Waals surface area contributed by atoms with E-state index in [4.69, 9.17) is 4.74 Å². The maximum Gasteiger partial charge on any atom is 0.120 e. The quantitative estimate of drug-likeness (QED) is 0.871. The summed E-state index contributed by atoms with van der Waals surface area (Å²) in [6.07, 6.45) is 3.84. The van der Waals surface area contributed by atoms with Gasteiger partial charge in [0.25, 0.3) is 0 Å². The van der Waals surface area contributed by atoms with E-state index in [0.717, 1.165) is 12.3 Å². The highest BCUT2D eigenvalue weighted by molar-refractivity contribution is 5.36. The van der Waals surface area contributed by atoms with Crippen molar-refractivity contribution in [1.82, 2.24) is 10.3 Å². The smallest absolute Gasteiger partial charge is 0.120 e. The second-order valence-electron chi connectivity index (χ2n) is 5.01. The lowest BCUT2D eigenvalue weighted by molar-refractivity contribution is 0.242. The number of nitrogens with zero attached hydrogens (tertiary/aromatic N) is 1. The van der Waals surface area contributed by atoms with E-state index in [1.807, 2.05) is 50.5 Å². The van der Waals surface area contributed by atoms with Crippen LogP contribution in [0.25, 0.3) is 0 Å². The van der Waals surface area contributed by atoms with Gasteiger partial charge >= 0.3 is 0 Å². The summed E-state index contributed by atoms with van der Waals surface area (Å²) in [5.74, 6) is 0.912. The average Bonchev–Trinajstić information content (AvgIpc) is 2.45. The minimum atomic E-state index is 0.165. The fourth-order valence-electron chi connectivity index (χ4n) is 2.23. The normalized spacial score (nSPS) is 12.4. The van der Waals surface area contributed by atoms with Crippen LogP contribution in [0, 0.1) is 0 Å². The topological polar surface area (TPSA) is 34.2 Å². The molecule has 0 radical (unpaired) electrons. The fourth-order valence-corrected chi connectivity index (χ4v) is 2.23. The molecule has 0 aliphatic rings. The summed E-state index contributed by atoms with van der Waals surface area (Å²) in [5.41, 5.74) is 2.42. The first-order chi connectivity index (χ1) is 9.70. The van der Waals surface area contributed by atoms with Gasteiger partial charge in [0, 0.05) is 12.4 Å². The summed E-state index contributed by atoms with van der Waals surface area (Å²) in [4.78, 5) is 4.09. The van der Waals surface area contributed by atoms with Crippen LogP contribution in [0.5, 0.6) is 5.75 Å². The molecule has 3 heteroatoms. The molecule has 0 saturated heterocycles. The van der Waals surface area contributed by atoms with Crippen molar-refractivity contribution in [2.75, 3.05) is 6.54 Å². The second kappa shape index (κ2) is 7.06. The molecule has 1 unspecified atom stereocenters. The van der Waals surface area contributed by atoms with Crippen molar-refractivity contribution in [3.63, 3.8) is 0 Å². The third-order valence-corrected chi connectivity index (χ3v) is 3.01. The van der Waals surface area contributed by atoms with E-state index in [1.165, 1.54) is 11.1 Å². The number of nitrogens with one attached hydrogen (secondary N) is 1. The van der Waals surface area contributed by atoms with E-state index >= 15 is 0 Å². The molecule has 0 bridgehead atoms. The van der Waals surface area contributed by atoms with E-state index in [2.05, 4.69) is 29.4 Å².